The molecule has 4 aromatic rings. The van der Waals surface area contributed by atoms with Crippen LogP contribution in [0.4, 0.5) is 23.1 Å². The number of benzene rings is 1. The van der Waals surface area contributed by atoms with E-state index in [2.05, 4.69) is 36.4 Å². The smallest absolute Gasteiger partial charge is 0.263 e. The molecule has 4 amide bonds. The van der Waals surface area contributed by atoms with Crippen LogP contribution in [0.2, 0.25) is 0 Å². The van der Waals surface area contributed by atoms with Gasteiger partial charge in [-0.2, -0.15) is 4.98 Å². The number of nitrogens with zero attached hydrogens (tertiary/aromatic N) is 8. The molecular weight excluding hydrogens is 777 g/mol. The van der Waals surface area contributed by atoms with Crippen molar-refractivity contribution < 1.29 is 24.0 Å². The third kappa shape index (κ3) is 6.94. The van der Waals surface area contributed by atoms with E-state index in [9.17, 15) is 28.8 Å². The number of imide groups is 2. The van der Waals surface area contributed by atoms with Crippen molar-refractivity contribution in [1.29, 1.82) is 0 Å². The van der Waals surface area contributed by atoms with Crippen LogP contribution in [0.15, 0.2) is 47.5 Å². The third-order valence-corrected chi connectivity index (χ3v) is 14.1. The molecule has 1 saturated carbocycles. The van der Waals surface area contributed by atoms with Gasteiger partial charge in [0.15, 0.2) is 5.78 Å². The number of hydrogen-bond acceptors (Lipinski definition) is 13. The fraction of sp³-hybridized carbons (Fsp3) is 0.489. The van der Waals surface area contributed by atoms with Crippen molar-refractivity contribution in [3.05, 3.63) is 75.3 Å². The minimum atomic E-state index is -0.974. The lowest BCUT2D eigenvalue weighted by Crippen LogP contribution is -2.55. The van der Waals surface area contributed by atoms with Crippen LogP contribution in [0.1, 0.15) is 114 Å². The van der Waals surface area contributed by atoms with Gasteiger partial charge in [0, 0.05) is 74.5 Å². The Kier molecular flexibility index (Phi) is 9.92. The van der Waals surface area contributed by atoms with E-state index in [1.165, 1.54) is 6.92 Å². The molecule has 16 heteroatoms. The van der Waals surface area contributed by atoms with Crippen LogP contribution >= 0.6 is 0 Å². The van der Waals surface area contributed by atoms with Crippen LogP contribution in [-0.2, 0) is 9.59 Å². The Balaban J connectivity index is 0.749. The molecule has 16 nitrogen and oxygen atoms in total. The summed E-state index contributed by atoms with van der Waals surface area (Å²) in [6.07, 6.45) is 12.1. The summed E-state index contributed by atoms with van der Waals surface area (Å²) in [5.41, 5.74) is 3.71. The number of pyridine rings is 2. The van der Waals surface area contributed by atoms with Gasteiger partial charge in [0.05, 0.1) is 28.6 Å². The van der Waals surface area contributed by atoms with E-state index >= 15 is 0 Å². The largest absolute Gasteiger partial charge is 0.370 e. The highest BCUT2D eigenvalue weighted by Gasteiger charge is 2.46. The van der Waals surface area contributed by atoms with Crippen molar-refractivity contribution >= 4 is 63.6 Å². The van der Waals surface area contributed by atoms with Crippen molar-refractivity contribution in [2.24, 2.45) is 5.92 Å². The maximum Gasteiger partial charge on any atom is 0.263 e. The van der Waals surface area contributed by atoms with E-state index in [1.54, 1.807) is 23.8 Å². The number of ketones is 1. The molecule has 0 spiro atoms. The van der Waals surface area contributed by atoms with Gasteiger partial charge in [-0.3, -0.25) is 48.5 Å². The third-order valence-electron chi connectivity index (χ3n) is 14.1. The van der Waals surface area contributed by atoms with E-state index in [0.717, 1.165) is 100 Å². The van der Waals surface area contributed by atoms with Crippen molar-refractivity contribution in [3.8, 4) is 0 Å². The summed E-state index contributed by atoms with van der Waals surface area (Å²) in [4.78, 5) is 99.6. The first-order valence-corrected chi connectivity index (χ1v) is 21.8. The van der Waals surface area contributed by atoms with Crippen molar-refractivity contribution in [2.75, 3.05) is 47.8 Å². The number of hydrogen-bond donors (Lipinski definition) is 2. The molecule has 2 N–H and O–H groups in total. The van der Waals surface area contributed by atoms with E-state index in [1.807, 2.05) is 24.4 Å². The number of fused-ring (bicyclic) bond motifs is 4. The number of carbonyl (C=O) groups is 5. The van der Waals surface area contributed by atoms with Crippen LogP contribution in [0.25, 0.3) is 11.0 Å². The molecular formula is C45H50N10O6. The van der Waals surface area contributed by atoms with Crippen LogP contribution in [0.3, 0.4) is 0 Å². The van der Waals surface area contributed by atoms with Crippen LogP contribution < -0.4 is 26.0 Å². The van der Waals surface area contributed by atoms with Crippen molar-refractivity contribution in [2.45, 2.75) is 102 Å². The number of Topliss-reactive ketones (excluding diaryl/α,β-unsaturated/α-hetero) is 1. The zero-order valence-corrected chi connectivity index (χ0v) is 34.6. The number of anilines is 4. The second-order valence-corrected chi connectivity index (χ2v) is 17.7. The molecule has 1 aromatic carbocycles. The molecule has 1 aliphatic carbocycles. The topological polar surface area (TPSA) is 183 Å². The average molecular weight is 827 g/mol. The normalized spacial score (nSPS) is 23.6. The zero-order valence-electron chi connectivity index (χ0n) is 34.6. The zero-order chi connectivity index (χ0) is 42.1. The summed E-state index contributed by atoms with van der Waals surface area (Å²) in [5.74, 6) is -0.650. The van der Waals surface area contributed by atoms with Gasteiger partial charge in [0.1, 0.15) is 17.5 Å². The molecule has 2 bridgehead atoms. The summed E-state index contributed by atoms with van der Waals surface area (Å²) in [6.45, 7) is 7.89. The summed E-state index contributed by atoms with van der Waals surface area (Å²) < 4.78 is 1.72. The predicted octanol–water partition coefficient (Wildman–Crippen LogP) is 4.53. The van der Waals surface area contributed by atoms with E-state index in [4.69, 9.17) is 9.97 Å². The fourth-order valence-electron chi connectivity index (χ4n) is 10.9. The van der Waals surface area contributed by atoms with E-state index < -0.39 is 23.8 Å². The SMILES string of the molecule is CC(=O)c1c(C)c2cnc(Nc3ccc(N4CCC(CN5C6CCC5CN(c5ccc7c(c5)C(=O)N(C5CCC(=O)NC5=O)C7=O)C6)CC4)cn3)nc2n(C2CCCC2)c1=O. The molecule has 3 atom stereocenters. The summed E-state index contributed by atoms with van der Waals surface area (Å²) in [7, 11) is 0. The number of aromatic nitrogens is 4. The van der Waals surface area contributed by atoms with Gasteiger partial charge in [-0.1, -0.05) is 12.8 Å². The first kappa shape index (κ1) is 39.1. The molecule has 61 heavy (non-hydrogen) atoms. The van der Waals surface area contributed by atoms with Gasteiger partial charge in [-0.25, -0.2) is 9.97 Å². The quantitative estimate of drug-likeness (QED) is 0.178. The van der Waals surface area contributed by atoms with Gasteiger partial charge < -0.3 is 15.1 Å². The lowest BCUT2D eigenvalue weighted by molar-refractivity contribution is -0.136. The molecule has 316 valence electrons. The Morgan fingerprint density at radius 2 is 1.52 bits per heavy atom. The number of nitrogens with one attached hydrogen (secondary N) is 2. The summed E-state index contributed by atoms with van der Waals surface area (Å²) >= 11 is 0. The number of amides is 4. The molecule has 4 saturated heterocycles. The maximum atomic E-state index is 13.6. The van der Waals surface area contributed by atoms with Gasteiger partial charge in [0.2, 0.25) is 17.8 Å². The van der Waals surface area contributed by atoms with Crippen LogP contribution in [0, 0.1) is 12.8 Å². The minimum Gasteiger partial charge on any atom is -0.370 e. The molecule has 8 heterocycles. The predicted molar refractivity (Wildman–Crippen MR) is 227 cm³/mol. The highest BCUT2D eigenvalue weighted by molar-refractivity contribution is 6.23. The number of piperazine rings is 1. The highest BCUT2D eigenvalue weighted by Crippen LogP contribution is 2.38. The van der Waals surface area contributed by atoms with Gasteiger partial charge in [-0.15, -0.1) is 0 Å². The fourth-order valence-corrected chi connectivity index (χ4v) is 10.9. The lowest BCUT2D eigenvalue weighted by Gasteiger charge is -2.44. The lowest BCUT2D eigenvalue weighted by atomic mass is 9.94. The first-order valence-electron chi connectivity index (χ1n) is 21.8. The molecule has 5 aliphatic heterocycles. The number of rotatable bonds is 9. The van der Waals surface area contributed by atoms with Gasteiger partial charge in [-0.05, 0) is 101 Å². The van der Waals surface area contributed by atoms with Gasteiger partial charge in [0.25, 0.3) is 17.4 Å². The monoisotopic (exact) mass is 826 g/mol. The van der Waals surface area contributed by atoms with E-state index in [-0.39, 0.29) is 41.7 Å². The number of aryl methyl sites for hydroxylation is 1. The summed E-state index contributed by atoms with van der Waals surface area (Å²) in [5, 5.41) is 6.21. The second kappa shape index (κ2) is 15.5. The van der Waals surface area contributed by atoms with Crippen LogP contribution in [0.5, 0.6) is 0 Å². The molecule has 6 aliphatic rings. The standard InChI is InChI=1S/C45H50N10O6/c1-25-35-21-47-45(50-40(35)54(28-5-3-4-6-28)44(61)39(25)26(2)56)48-37-13-10-30(20-46-37)51-17-15-27(16-18-51)22-53-31-7-8-32(53)24-52(23-31)29-9-11-33-34(19-29)43(60)55(42(33)59)36-12-14-38(57)49-41(36)58/h9-11,13,19-21,27-28,31-32,36H,3-8,12,14-18,22-24H2,1-2H3,(H,49,57,58)(H,46,47,48,50). The Labute approximate surface area is 352 Å². The maximum absolute atomic E-state index is 13.6. The molecule has 5 fully saturated rings. The van der Waals surface area contributed by atoms with Crippen molar-refractivity contribution in [1.82, 2.24) is 34.6 Å². The van der Waals surface area contributed by atoms with E-state index in [0.29, 0.717) is 57.5 Å². The van der Waals surface area contributed by atoms with Crippen LogP contribution in [-0.4, -0.2) is 110 Å². The molecule has 10 rings (SSSR count). The molecule has 0 radical (unpaired) electrons. The molecule has 3 unspecified atom stereocenters. The number of piperidine rings is 2. The Bertz CT molecular complexity index is 2530. The van der Waals surface area contributed by atoms with Crippen molar-refractivity contribution in [3.63, 3.8) is 0 Å². The Morgan fingerprint density at radius 3 is 2.21 bits per heavy atom. The highest BCUT2D eigenvalue weighted by atomic mass is 16.2. The van der Waals surface area contributed by atoms with Gasteiger partial charge >= 0.3 is 0 Å². The Morgan fingerprint density at radius 1 is 0.803 bits per heavy atom. The molecule has 3 aromatic heterocycles. The summed E-state index contributed by atoms with van der Waals surface area (Å²) in [6, 6.07) is 9.30. The number of carbonyl (C=O) groups excluding carboxylic acids is 5. The first-order chi connectivity index (χ1) is 29.5. The second-order valence-electron chi connectivity index (χ2n) is 17.7. The minimum absolute atomic E-state index is 0.00698. The Hall–Kier alpha value is -6.03. The average Bonchev–Trinajstić information content (AvgIpc) is 3.92.